The Kier molecular flexibility index (Phi) is 6.90. The van der Waals surface area contributed by atoms with E-state index in [1.807, 2.05) is 0 Å². The molecule has 2 N–H and O–H groups in total. The lowest BCUT2D eigenvalue weighted by Gasteiger charge is -2.25. The maximum Gasteiger partial charge on any atom is 0.416 e. The summed E-state index contributed by atoms with van der Waals surface area (Å²) in [6.07, 6.45) is -4.55. The Morgan fingerprint density at radius 2 is 1.75 bits per heavy atom. The SMILES string of the molecule is CNCC(c1cccc(C(F)(F)F)c1)C(C(C)=O)C(=O)Nc1ccccc1F. The van der Waals surface area contributed by atoms with Crippen molar-refractivity contribution in [2.75, 3.05) is 18.9 Å². The third-order valence-electron chi connectivity index (χ3n) is 4.32. The van der Waals surface area contributed by atoms with Crippen LogP contribution < -0.4 is 10.6 Å². The molecule has 0 saturated heterocycles. The van der Waals surface area contributed by atoms with Crippen LogP contribution in [0, 0.1) is 11.7 Å². The van der Waals surface area contributed by atoms with Crippen LogP contribution in [0.15, 0.2) is 48.5 Å². The zero-order chi connectivity index (χ0) is 20.9. The summed E-state index contributed by atoms with van der Waals surface area (Å²) in [4.78, 5) is 25.0. The summed E-state index contributed by atoms with van der Waals surface area (Å²) in [5.74, 6) is -4.16. The van der Waals surface area contributed by atoms with Crippen LogP contribution in [0.1, 0.15) is 24.0 Å². The number of hydrogen-bond donors (Lipinski definition) is 2. The zero-order valence-electron chi connectivity index (χ0n) is 15.3. The lowest BCUT2D eigenvalue weighted by molar-refractivity contribution is -0.137. The van der Waals surface area contributed by atoms with Crippen molar-refractivity contribution in [1.82, 2.24) is 5.32 Å². The second-order valence-electron chi connectivity index (χ2n) is 6.34. The van der Waals surface area contributed by atoms with Crippen LogP contribution in [0.25, 0.3) is 0 Å². The molecule has 2 rings (SSSR count). The molecule has 8 heteroatoms. The number of rotatable bonds is 7. The highest BCUT2D eigenvalue weighted by Crippen LogP contribution is 2.33. The molecular formula is C20H20F4N2O2. The highest BCUT2D eigenvalue weighted by molar-refractivity contribution is 6.07. The molecule has 0 spiro atoms. The summed E-state index contributed by atoms with van der Waals surface area (Å²) in [5.41, 5.74) is -0.790. The van der Waals surface area contributed by atoms with Crippen molar-refractivity contribution in [3.63, 3.8) is 0 Å². The van der Waals surface area contributed by atoms with Crippen LogP contribution >= 0.6 is 0 Å². The molecule has 28 heavy (non-hydrogen) atoms. The molecule has 2 atom stereocenters. The number of Topliss-reactive ketones (excluding diaryl/α,β-unsaturated/α-hetero) is 1. The quantitative estimate of drug-likeness (QED) is 0.550. The van der Waals surface area contributed by atoms with Crippen molar-refractivity contribution in [2.24, 2.45) is 5.92 Å². The van der Waals surface area contributed by atoms with Crippen molar-refractivity contribution in [3.8, 4) is 0 Å². The molecule has 0 aromatic heterocycles. The number of halogens is 4. The van der Waals surface area contributed by atoms with Gasteiger partial charge in [0.2, 0.25) is 5.91 Å². The Morgan fingerprint density at radius 3 is 2.32 bits per heavy atom. The summed E-state index contributed by atoms with van der Waals surface area (Å²) >= 11 is 0. The fourth-order valence-corrected chi connectivity index (χ4v) is 3.02. The minimum Gasteiger partial charge on any atom is -0.323 e. The molecule has 0 aliphatic rings. The maximum atomic E-state index is 13.8. The van der Waals surface area contributed by atoms with E-state index in [0.717, 1.165) is 18.2 Å². The summed E-state index contributed by atoms with van der Waals surface area (Å²) in [6.45, 7) is 1.26. The Morgan fingerprint density at radius 1 is 1.07 bits per heavy atom. The number of likely N-dealkylation sites (N-methyl/N-ethyl adjacent to an activating group) is 1. The van der Waals surface area contributed by atoms with Gasteiger partial charge in [-0.2, -0.15) is 13.2 Å². The van der Waals surface area contributed by atoms with Crippen LogP contribution in [0.5, 0.6) is 0 Å². The Balaban J connectivity index is 2.41. The standard InChI is InChI=1S/C20H20F4N2O2/c1-12(27)18(19(28)26-17-9-4-3-8-16(17)21)15(11-25-2)13-6-5-7-14(10-13)20(22,23)24/h3-10,15,18,25H,11H2,1-2H3,(H,26,28). The predicted octanol–water partition coefficient (Wildman–Crippen LogP) is 3.99. The second kappa shape index (κ2) is 8.97. The highest BCUT2D eigenvalue weighted by atomic mass is 19.4. The second-order valence-corrected chi connectivity index (χ2v) is 6.34. The summed E-state index contributed by atoms with van der Waals surface area (Å²) in [5, 5.41) is 5.16. The van der Waals surface area contributed by atoms with E-state index in [-0.39, 0.29) is 17.8 Å². The molecule has 4 nitrogen and oxygen atoms in total. The van der Waals surface area contributed by atoms with Gasteiger partial charge in [0.15, 0.2) is 0 Å². The summed E-state index contributed by atoms with van der Waals surface area (Å²) in [6, 6.07) is 9.95. The minimum absolute atomic E-state index is 0.0796. The fourth-order valence-electron chi connectivity index (χ4n) is 3.02. The predicted molar refractivity (Wildman–Crippen MR) is 97.3 cm³/mol. The molecule has 0 saturated carbocycles. The molecule has 1 amide bonds. The first-order valence-electron chi connectivity index (χ1n) is 8.52. The topological polar surface area (TPSA) is 58.2 Å². The van der Waals surface area contributed by atoms with E-state index in [9.17, 15) is 27.2 Å². The number of hydrogen-bond acceptors (Lipinski definition) is 3. The van der Waals surface area contributed by atoms with E-state index in [1.54, 1.807) is 7.05 Å². The molecule has 0 aliphatic heterocycles. The van der Waals surface area contributed by atoms with Gasteiger partial charge in [-0.25, -0.2) is 4.39 Å². The first-order valence-corrected chi connectivity index (χ1v) is 8.52. The highest BCUT2D eigenvalue weighted by Gasteiger charge is 2.36. The summed E-state index contributed by atoms with van der Waals surface area (Å²) in [7, 11) is 1.56. The van der Waals surface area contributed by atoms with E-state index < -0.39 is 41.1 Å². The van der Waals surface area contributed by atoms with Crippen LogP contribution in [0.3, 0.4) is 0 Å². The third kappa shape index (κ3) is 5.16. The van der Waals surface area contributed by atoms with Gasteiger partial charge in [0, 0.05) is 12.5 Å². The smallest absolute Gasteiger partial charge is 0.323 e. The number of para-hydroxylation sites is 1. The first kappa shape index (κ1) is 21.6. The molecule has 0 fully saturated rings. The van der Waals surface area contributed by atoms with Crippen LogP contribution in [-0.4, -0.2) is 25.3 Å². The number of nitrogens with one attached hydrogen (secondary N) is 2. The van der Waals surface area contributed by atoms with Crippen molar-refractivity contribution in [1.29, 1.82) is 0 Å². The Bertz CT molecular complexity index is 852. The molecule has 0 aliphatic carbocycles. The molecule has 0 radical (unpaired) electrons. The number of amides is 1. The van der Waals surface area contributed by atoms with Crippen LogP contribution in [-0.2, 0) is 15.8 Å². The monoisotopic (exact) mass is 396 g/mol. The molecule has 2 aromatic rings. The van der Waals surface area contributed by atoms with Gasteiger partial charge in [-0.1, -0.05) is 30.3 Å². The van der Waals surface area contributed by atoms with Gasteiger partial charge in [0.1, 0.15) is 17.5 Å². The van der Waals surface area contributed by atoms with Gasteiger partial charge in [0.05, 0.1) is 11.3 Å². The van der Waals surface area contributed by atoms with Crippen LogP contribution in [0.4, 0.5) is 23.2 Å². The molecule has 2 unspecified atom stereocenters. The molecule has 0 heterocycles. The van der Waals surface area contributed by atoms with Gasteiger partial charge in [0.25, 0.3) is 0 Å². The molecular weight excluding hydrogens is 376 g/mol. The number of ketones is 1. The average molecular weight is 396 g/mol. The van der Waals surface area contributed by atoms with Crippen molar-refractivity contribution in [3.05, 3.63) is 65.5 Å². The van der Waals surface area contributed by atoms with Gasteiger partial charge in [-0.15, -0.1) is 0 Å². The van der Waals surface area contributed by atoms with Crippen molar-refractivity contribution < 1.29 is 27.2 Å². The molecule has 2 aromatic carbocycles. The van der Waals surface area contributed by atoms with Crippen molar-refractivity contribution >= 4 is 17.4 Å². The lowest BCUT2D eigenvalue weighted by Crippen LogP contribution is -2.37. The Labute approximate surface area is 159 Å². The van der Waals surface area contributed by atoms with E-state index in [0.29, 0.717) is 0 Å². The van der Waals surface area contributed by atoms with Gasteiger partial charge in [-0.3, -0.25) is 9.59 Å². The fraction of sp³-hybridized carbons (Fsp3) is 0.300. The number of carbonyl (C=O) groups is 2. The third-order valence-corrected chi connectivity index (χ3v) is 4.32. The molecule has 150 valence electrons. The first-order chi connectivity index (χ1) is 13.1. The Hall–Kier alpha value is -2.74. The number of benzene rings is 2. The van der Waals surface area contributed by atoms with Crippen LogP contribution in [0.2, 0.25) is 0 Å². The average Bonchev–Trinajstić information content (AvgIpc) is 2.62. The largest absolute Gasteiger partial charge is 0.416 e. The van der Waals surface area contributed by atoms with Gasteiger partial charge >= 0.3 is 6.18 Å². The zero-order valence-corrected chi connectivity index (χ0v) is 15.3. The van der Waals surface area contributed by atoms with Gasteiger partial charge in [-0.05, 0) is 37.7 Å². The maximum absolute atomic E-state index is 13.8. The van der Waals surface area contributed by atoms with E-state index in [1.165, 1.54) is 37.3 Å². The normalized spacial score (nSPS) is 13.6. The van der Waals surface area contributed by atoms with Gasteiger partial charge < -0.3 is 10.6 Å². The van der Waals surface area contributed by atoms with E-state index >= 15 is 0 Å². The number of anilines is 1. The van der Waals surface area contributed by atoms with Crippen molar-refractivity contribution in [2.45, 2.75) is 19.0 Å². The summed E-state index contributed by atoms with van der Waals surface area (Å²) < 4.78 is 53.0. The number of alkyl halides is 3. The van der Waals surface area contributed by atoms with E-state index in [4.69, 9.17) is 0 Å². The number of carbonyl (C=O) groups excluding carboxylic acids is 2. The molecule has 0 bridgehead atoms. The minimum atomic E-state index is -4.55. The lowest BCUT2D eigenvalue weighted by atomic mass is 9.82. The van der Waals surface area contributed by atoms with E-state index in [2.05, 4.69) is 10.6 Å².